The van der Waals surface area contributed by atoms with E-state index >= 15 is 0 Å². The van der Waals surface area contributed by atoms with Gasteiger partial charge in [0, 0.05) is 26.8 Å². The maximum Gasteiger partial charge on any atom is 0.0640 e. The zero-order chi connectivity index (χ0) is 34.4. The molecule has 1 aromatic heterocycles. The highest BCUT2D eigenvalue weighted by Crippen LogP contribution is 2.45. The molecule has 0 spiro atoms. The Hall–Kier alpha value is -6.48. The molecule has 0 aliphatic rings. The Morgan fingerprint density at radius 3 is 1.60 bits per heavy atom. The minimum Gasteiger partial charge on any atom is -0.309 e. The van der Waals surface area contributed by atoms with Crippen LogP contribution in [0.25, 0.3) is 75.1 Å². The standard InChI is InChI=1S/C50H33NS/c1-2-10-34(11-3-1)39-22-24-43-32-40(23-25-42(43)31-39)36-26-28-44(29-27-36)51(48-18-9-17-47-46-16-6-7-19-49(46)52-50(47)48)45-15-8-14-38(33-45)41-21-20-35-12-4-5-13-37(35)30-41/h1-33H. The summed E-state index contributed by atoms with van der Waals surface area (Å²) in [7, 11) is 0. The monoisotopic (exact) mass is 679 g/mol. The Balaban J connectivity index is 1.07. The van der Waals surface area contributed by atoms with E-state index in [9.17, 15) is 0 Å². The van der Waals surface area contributed by atoms with Crippen molar-refractivity contribution in [1.82, 2.24) is 0 Å². The second-order valence-electron chi connectivity index (χ2n) is 13.4. The molecule has 10 rings (SSSR count). The molecule has 0 saturated heterocycles. The van der Waals surface area contributed by atoms with Crippen LogP contribution in [0.3, 0.4) is 0 Å². The van der Waals surface area contributed by atoms with Crippen molar-refractivity contribution in [2.45, 2.75) is 0 Å². The van der Waals surface area contributed by atoms with Crippen LogP contribution < -0.4 is 4.90 Å². The first-order chi connectivity index (χ1) is 25.7. The van der Waals surface area contributed by atoms with Crippen LogP contribution in [0.2, 0.25) is 0 Å². The summed E-state index contributed by atoms with van der Waals surface area (Å²) in [5.74, 6) is 0. The predicted molar refractivity (Wildman–Crippen MR) is 225 cm³/mol. The minimum absolute atomic E-state index is 1.12. The van der Waals surface area contributed by atoms with Gasteiger partial charge in [0.2, 0.25) is 0 Å². The first-order valence-electron chi connectivity index (χ1n) is 17.7. The summed E-state index contributed by atoms with van der Waals surface area (Å²) >= 11 is 1.87. The van der Waals surface area contributed by atoms with Gasteiger partial charge in [-0.15, -0.1) is 11.3 Å². The molecule has 0 saturated carbocycles. The zero-order valence-corrected chi connectivity index (χ0v) is 29.2. The zero-order valence-electron chi connectivity index (χ0n) is 28.4. The molecule has 0 atom stereocenters. The maximum atomic E-state index is 2.43. The van der Waals surface area contributed by atoms with Gasteiger partial charge in [-0.25, -0.2) is 0 Å². The molecule has 9 aromatic carbocycles. The molecule has 2 heteroatoms. The van der Waals surface area contributed by atoms with Crippen LogP contribution >= 0.6 is 11.3 Å². The molecule has 1 nitrogen and oxygen atoms in total. The van der Waals surface area contributed by atoms with Gasteiger partial charge < -0.3 is 4.90 Å². The molecule has 0 aliphatic carbocycles. The van der Waals surface area contributed by atoms with Crippen LogP contribution in [0.4, 0.5) is 17.1 Å². The minimum atomic E-state index is 1.12. The topological polar surface area (TPSA) is 3.24 Å². The highest BCUT2D eigenvalue weighted by atomic mass is 32.1. The van der Waals surface area contributed by atoms with Gasteiger partial charge in [-0.3, -0.25) is 0 Å². The van der Waals surface area contributed by atoms with Crippen molar-refractivity contribution < 1.29 is 0 Å². The van der Waals surface area contributed by atoms with Crippen molar-refractivity contribution in [2.24, 2.45) is 0 Å². The van der Waals surface area contributed by atoms with Crippen molar-refractivity contribution in [2.75, 3.05) is 4.90 Å². The summed E-state index contributed by atoms with van der Waals surface area (Å²) in [6, 6.07) is 73.0. The van der Waals surface area contributed by atoms with Gasteiger partial charge in [-0.1, -0.05) is 146 Å². The quantitative estimate of drug-likeness (QED) is 0.169. The third-order valence-electron chi connectivity index (χ3n) is 10.2. The molecule has 0 N–H and O–H groups in total. The van der Waals surface area contributed by atoms with Gasteiger partial charge in [-0.2, -0.15) is 0 Å². The molecule has 0 bridgehead atoms. The number of hydrogen-bond acceptors (Lipinski definition) is 2. The molecule has 0 radical (unpaired) electrons. The number of hydrogen-bond donors (Lipinski definition) is 0. The van der Waals surface area contributed by atoms with Gasteiger partial charge >= 0.3 is 0 Å². The van der Waals surface area contributed by atoms with Crippen LogP contribution in [0.1, 0.15) is 0 Å². The average Bonchev–Trinajstić information content (AvgIpc) is 3.61. The fourth-order valence-corrected chi connectivity index (χ4v) is 8.77. The van der Waals surface area contributed by atoms with Gasteiger partial charge in [-0.05, 0) is 110 Å². The molecule has 0 fully saturated rings. The van der Waals surface area contributed by atoms with Crippen LogP contribution in [-0.2, 0) is 0 Å². The normalized spacial score (nSPS) is 11.5. The fraction of sp³-hybridized carbons (Fsp3) is 0. The van der Waals surface area contributed by atoms with Crippen LogP contribution in [0.5, 0.6) is 0 Å². The lowest BCUT2D eigenvalue weighted by Gasteiger charge is -2.27. The Morgan fingerprint density at radius 1 is 0.308 bits per heavy atom. The lowest BCUT2D eigenvalue weighted by atomic mass is 9.97. The molecule has 10 aromatic rings. The van der Waals surface area contributed by atoms with Crippen LogP contribution in [-0.4, -0.2) is 0 Å². The van der Waals surface area contributed by atoms with E-state index in [1.165, 1.54) is 80.8 Å². The molecule has 1 heterocycles. The highest BCUT2D eigenvalue weighted by molar-refractivity contribution is 7.26. The van der Waals surface area contributed by atoms with E-state index < -0.39 is 0 Å². The second kappa shape index (κ2) is 12.7. The van der Waals surface area contributed by atoms with Gasteiger partial charge in [0.05, 0.1) is 10.4 Å². The Bertz CT molecular complexity index is 2900. The Labute approximate surface area is 307 Å². The van der Waals surface area contributed by atoms with Crippen molar-refractivity contribution in [3.63, 3.8) is 0 Å². The molecular formula is C50H33NS. The van der Waals surface area contributed by atoms with Crippen molar-refractivity contribution in [1.29, 1.82) is 0 Å². The largest absolute Gasteiger partial charge is 0.309 e. The summed E-state index contributed by atoms with van der Waals surface area (Å²) in [4.78, 5) is 2.43. The number of fused-ring (bicyclic) bond motifs is 5. The summed E-state index contributed by atoms with van der Waals surface area (Å²) in [5, 5.41) is 7.58. The van der Waals surface area contributed by atoms with Crippen LogP contribution in [0, 0.1) is 0 Å². The van der Waals surface area contributed by atoms with Gasteiger partial charge in [0.25, 0.3) is 0 Å². The number of nitrogens with zero attached hydrogens (tertiary/aromatic N) is 1. The third kappa shape index (κ3) is 5.42. The van der Waals surface area contributed by atoms with Crippen molar-refractivity contribution >= 4 is 70.1 Å². The highest BCUT2D eigenvalue weighted by Gasteiger charge is 2.19. The lowest BCUT2D eigenvalue weighted by Crippen LogP contribution is -2.10. The van der Waals surface area contributed by atoms with E-state index in [4.69, 9.17) is 0 Å². The van der Waals surface area contributed by atoms with E-state index in [-0.39, 0.29) is 0 Å². The first-order valence-corrected chi connectivity index (χ1v) is 18.6. The fourth-order valence-electron chi connectivity index (χ4n) is 7.57. The predicted octanol–water partition coefficient (Wildman–Crippen LogP) is 14.8. The number of anilines is 3. The van der Waals surface area contributed by atoms with Crippen molar-refractivity contribution in [3.05, 3.63) is 200 Å². The average molecular weight is 680 g/mol. The number of rotatable bonds is 6. The maximum absolute atomic E-state index is 2.43. The molecule has 0 amide bonds. The molecule has 52 heavy (non-hydrogen) atoms. The number of thiophene rings is 1. The summed E-state index contributed by atoms with van der Waals surface area (Å²) in [5.41, 5.74) is 10.7. The summed E-state index contributed by atoms with van der Waals surface area (Å²) in [6.07, 6.45) is 0. The smallest absolute Gasteiger partial charge is 0.0640 e. The van der Waals surface area contributed by atoms with Gasteiger partial charge in [0.15, 0.2) is 0 Å². The lowest BCUT2D eigenvalue weighted by molar-refractivity contribution is 1.30. The molecule has 244 valence electrons. The van der Waals surface area contributed by atoms with E-state index in [0.29, 0.717) is 0 Å². The van der Waals surface area contributed by atoms with Crippen molar-refractivity contribution in [3.8, 4) is 33.4 Å². The Kier molecular flexibility index (Phi) is 7.41. The molecular weight excluding hydrogens is 647 g/mol. The van der Waals surface area contributed by atoms with E-state index in [2.05, 4.69) is 205 Å². The van der Waals surface area contributed by atoms with Crippen LogP contribution in [0.15, 0.2) is 200 Å². The third-order valence-corrected chi connectivity index (χ3v) is 11.4. The van der Waals surface area contributed by atoms with E-state index in [1.54, 1.807) is 0 Å². The molecule has 0 unspecified atom stereocenters. The first kappa shape index (κ1) is 30.4. The van der Waals surface area contributed by atoms with E-state index in [1.807, 2.05) is 11.3 Å². The second-order valence-corrected chi connectivity index (χ2v) is 14.4. The Morgan fingerprint density at radius 2 is 0.827 bits per heavy atom. The molecule has 0 aliphatic heterocycles. The van der Waals surface area contributed by atoms with Gasteiger partial charge in [0.1, 0.15) is 0 Å². The summed E-state index contributed by atoms with van der Waals surface area (Å²) in [6.45, 7) is 0. The number of benzene rings is 9. The SMILES string of the molecule is c1ccc(-c2ccc3cc(-c4ccc(N(c5cccc(-c6ccc7ccccc7c6)c5)c5cccc6c5sc5ccccc56)cc4)ccc3c2)cc1. The summed E-state index contributed by atoms with van der Waals surface area (Å²) < 4.78 is 2.59. The van der Waals surface area contributed by atoms with E-state index in [0.717, 1.165) is 11.4 Å².